The van der Waals surface area contributed by atoms with Gasteiger partial charge in [0.05, 0.1) is 0 Å². The molecular formula is C25H37N3O2. The van der Waals surface area contributed by atoms with E-state index in [0.29, 0.717) is 18.0 Å². The van der Waals surface area contributed by atoms with Crippen LogP contribution in [0.15, 0.2) is 24.3 Å². The van der Waals surface area contributed by atoms with Gasteiger partial charge >= 0.3 is 0 Å². The maximum atomic E-state index is 12.5. The Kier molecular flexibility index (Phi) is 7.17. The first-order chi connectivity index (χ1) is 13.8. The molecule has 1 amide bonds. The molecule has 0 atom stereocenters. The van der Waals surface area contributed by atoms with Gasteiger partial charge in [-0.05, 0) is 66.8 Å². The molecule has 2 rings (SSSR count). The summed E-state index contributed by atoms with van der Waals surface area (Å²) in [5.41, 5.74) is 9.83. The summed E-state index contributed by atoms with van der Waals surface area (Å²) >= 11 is 0. The lowest BCUT2D eigenvalue weighted by molar-refractivity contribution is -0.116. The van der Waals surface area contributed by atoms with Gasteiger partial charge in [-0.1, -0.05) is 41.5 Å². The smallest absolute Gasteiger partial charge is 0.224 e. The van der Waals surface area contributed by atoms with Crippen LogP contribution >= 0.6 is 0 Å². The third kappa shape index (κ3) is 6.48. The predicted molar refractivity (Wildman–Crippen MR) is 125 cm³/mol. The highest BCUT2D eigenvalue weighted by Gasteiger charge is 2.26. The van der Waals surface area contributed by atoms with E-state index in [-0.39, 0.29) is 16.7 Å². The number of phenolic OH excluding ortho intramolecular Hbond substituents is 1. The molecule has 5 heteroatoms. The van der Waals surface area contributed by atoms with Crippen molar-refractivity contribution in [3.63, 3.8) is 0 Å². The highest BCUT2D eigenvalue weighted by atomic mass is 16.3. The number of pyridine rings is 1. The third-order valence-electron chi connectivity index (χ3n) is 5.14. The second kappa shape index (κ2) is 9.07. The average molecular weight is 412 g/mol. The number of carbonyl (C=O) groups is 1. The van der Waals surface area contributed by atoms with Gasteiger partial charge in [0.25, 0.3) is 0 Å². The van der Waals surface area contributed by atoms with Crippen molar-refractivity contribution in [2.45, 2.75) is 85.0 Å². The molecule has 0 aliphatic rings. The average Bonchev–Trinajstić information content (AvgIpc) is 2.57. The number of nitrogen functional groups attached to an aromatic ring is 1. The Balaban J connectivity index is 2.03. The first kappa shape index (κ1) is 23.7. The van der Waals surface area contributed by atoms with Gasteiger partial charge in [-0.2, -0.15) is 0 Å². The van der Waals surface area contributed by atoms with Crippen molar-refractivity contribution in [3.05, 3.63) is 46.6 Å². The van der Waals surface area contributed by atoms with Crippen LogP contribution in [0.2, 0.25) is 0 Å². The number of nitrogens with one attached hydrogen (secondary N) is 1. The molecule has 0 spiro atoms. The van der Waals surface area contributed by atoms with Crippen molar-refractivity contribution in [2.75, 3.05) is 11.1 Å². The fraction of sp³-hybridized carbons (Fsp3) is 0.520. The van der Waals surface area contributed by atoms with Gasteiger partial charge in [0.1, 0.15) is 11.6 Å². The van der Waals surface area contributed by atoms with Gasteiger partial charge in [-0.3, -0.25) is 4.79 Å². The quantitative estimate of drug-likeness (QED) is 0.425. The number of benzene rings is 1. The third-order valence-corrected chi connectivity index (χ3v) is 5.14. The summed E-state index contributed by atoms with van der Waals surface area (Å²) in [5, 5.41) is 13.8. The predicted octanol–water partition coefficient (Wildman–Crippen LogP) is 5.62. The van der Waals surface area contributed by atoms with Crippen LogP contribution in [0.3, 0.4) is 0 Å². The minimum Gasteiger partial charge on any atom is -0.507 e. The topological polar surface area (TPSA) is 88.2 Å². The molecule has 0 fully saturated rings. The van der Waals surface area contributed by atoms with Crippen LogP contribution < -0.4 is 11.1 Å². The summed E-state index contributed by atoms with van der Waals surface area (Å²) in [6.45, 7) is 14.4. The van der Waals surface area contributed by atoms with E-state index in [1.54, 1.807) is 0 Å². The molecule has 2 aromatic rings. The monoisotopic (exact) mass is 411 g/mol. The van der Waals surface area contributed by atoms with Gasteiger partial charge in [-0.15, -0.1) is 0 Å². The maximum Gasteiger partial charge on any atom is 0.224 e. The fourth-order valence-electron chi connectivity index (χ4n) is 3.56. The van der Waals surface area contributed by atoms with E-state index in [4.69, 9.17) is 5.73 Å². The van der Waals surface area contributed by atoms with E-state index in [0.717, 1.165) is 47.3 Å². The van der Waals surface area contributed by atoms with Crippen LogP contribution in [0.4, 0.5) is 11.5 Å². The number of phenols is 1. The Morgan fingerprint density at radius 2 is 1.57 bits per heavy atom. The molecular weight excluding hydrogens is 374 g/mol. The van der Waals surface area contributed by atoms with Gasteiger partial charge in [0.2, 0.25) is 5.91 Å². The van der Waals surface area contributed by atoms with E-state index in [9.17, 15) is 9.90 Å². The van der Waals surface area contributed by atoms with E-state index in [1.807, 2.05) is 31.2 Å². The molecule has 4 N–H and O–H groups in total. The zero-order valence-corrected chi connectivity index (χ0v) is 19.5. The van der Waals surface area contributed by atoms with E-state index in [1.165, 1.54) is 0 Å². The van der Waals surface area contributed by atoms with Crippen LogP contribution in [-0.4, -0.2) is 16.0 Å². The van der Waals surface area contributed by atoms with Gasteiger partial charge in [0.15, 0.2) is 0 Å². The number of carbonyl (C=O) groups excluding carboxylic acids is 1. The number of anilines is 2. The van der Waals surface area contributed by atoms with Crippen molar-refractivity contribution in [2.24, 2.45) is 0 Å². The number of hydrogen-bond acceptors (Lipinski definition) is 4. The molecule has 1 heterocycles. The van der Waals surface area contributed by atoms with E-state index >= 15 is 0 Å². The highest BCUT2D eigenvalue weighted by molar-refractivity contribution is 5.91. The van der Waals surface area contributed by atoms with Crippen molar-refractivity contribution >= 4 is 17.4 Å². The Hall–Kier alpha value is -2.56. The highest BCUT2D eigenvalue weighted by Crippen LogP contribution is 2.41. The molecule has 30 heavy (non-hydrogen) atoms. The van der Waals surface area contributed by atoms with Gasteiger partial charge in [0, 0.05) is 28.9 Å². The Morgan fingerprint density at radius 3 is 2.07 bits per heavy atom. The number of hydrogen-bond donors (Lipinski definition) is 3. The Bertz CT molecular complexity index is 850. The number of nitrogens with zero attached hydrogens (tertiary/aromatic N) is 1. The maximum absolute atomic E-state index is 12.5. The summed E-state index contributed by atoms with van der Waals surface area (Å²) in [5.74, 6) is 0.842. The lowest BCUT2D eigenvalue weighted by atomic mass is 9.79. The summed E-state index contributed by atoms with van der Waals surface area (Å²) in [6, 6.07) is 7.67. The van der Waals surface area contributed by atoms with Crippen molar-refractivity contribution in [1.82, 2.24) is 4.98 Å². The normalized spacial score (nSPS) is 12.1. The number of rotatable bonds is 6. The SMILES string of the molecule is Cc1cc(N)nc(CCCCC(=O)Nc2cc(C(C)(C)C)c(O)c(C(C)(C)C)c2)c1. The fourth-order valence-corrected chi connectivity index (χ4v) is 3.56. The van der Waals surface area contributed by atoms with Crippen LogP contribution in [0.1, 0.15) is 83.2 Å². The zero-order valence-electron chi connectivity index (χ0n) is 19.5. The molecule has 0 saturated heterocycles. The number of amides is 1. The second-order valence-corrected chi connectivity index (χ2v) is 10.2. The number of aromatic hydroxyl groups is 1. The first-order valence-corrected chi connectivity index (χ1v) is 10.7. The lowest BCUT2D eigenvalue weighted by Crippen LogP contribution is -2.19. The minimum absolute atomic E-state index is 0.0166. The number of aryl methyl sites for hydroxylation is 2. The van der Waals surface area contributed by atoms with Crippen LogP contribution in [-0.2, 0) is 22.0 Å². The minimum atomic E-state index is -0.229. The zero-order chi connectivity index (χ0) is 22.7. The van der Waals surface area contributed by atoms with E-state index < -0.39 is 0 Å². The standard InChI is InChI=1S/C25H37N3O2/c1-16-12-17(27-21(26)13-16)10-8-9-11-22(29)28-18-14-19(24(2,3)4)23(30)20(15-18)25(5,6)7/h12-15,30H,8-11H2,1-7H3,(H2,26,27)(H,28,29). The van der Waals surface area contributed by atoms with Gasteiger partial charge in [-0.25, -0.2) is 4.98 Å². The number of unbranched alkanes of at least 4 members (excludes halogenated alkanes) is 1. The molecule has 164 valence electrons. The van der Waals surface area contributed by atoms with Crippen molar-refractivity contribution in [3.8, 4) is 5.75 Å². The van der Waals surface area contributed by atoms with Crippen LogP contribution in [0.5, 0.6) is 5.75 Å². The molecule has 0 aliphatic heterocycles. The van der Waals surface area contributed by atoms with Crippen molar-refractivity contribution in [1.29, 1.82) is 0 Å². The van der Waals surface area contributed by atoms with Crippen LogP contribution in [0, 0.1) is 6.92 Å². The first-order valence-electron chi connectivity index (χ1n) is 10.7. The molecule has 0 aliphatic carbocycles. The molecule has 0 bridgehead atoms. The molecule has 0 saturated carbocycles. The molecule has 1 aromatic carbocycles. The number of nitrogens with two attached hydrogens (primary N) is 1. The summed E-state index contributed by atoms with van der Waals surface area (Å²) in [4.78, 5) is 16.9. The Morgan fingerprint density at radius 1 is 1.00 bits per heavy atom. The second-order valence-electron chi connectivity index (χ2n) is 10.2. The van der Waals surface area contributed by atoms with Crippen molar-refractivity contribution < 1.29 is 9.90 Å². The summed E-state index contributed by atoms with van der Waals surface area (Å²) in [7, 11) is 0. The Labute approximate surface area is 181 Å². The molecule has 5 nitrogen and oxygen atoms in total. The summed E-state index contributed by atoms with van der Waals surface area (Å²) < 4.78 is 0. The molecule has 0 radical (unpaired) electrons. The lowest BCUT2D eigenvalue weighted by Gasteiger charge is -2.28. The van der Waals surface area contributed by atoms with Gasteiger partial charge < -0.3 is 16.2 Å². The molecule has 1 aromatic heterocycles. The largest absolute Gasteiger partial charge is 0.507 e. The number of aromatic nitrogens is 1. The molecule has 0 unspecified atom stereocenters. The van der Waals surface area contributed by atoms with E-state index in [2.05, 4.69) is 51.8 Å². The summed E-state index contributed by atoms with van der Waals surface area (Å²) in [6.07, 6.45) is 2.90. The van der Waals surface area contributed by atoms with Crippen LogP contribution in [0.25, 0.3) is 0 Å².